The molecule has 3 rings (SSSR count). The molecule has 0 aliphatic carbocycles. The highest BCUT2D eigenvalue weighted by Gasteiger charge is 2.31. The maximum absolute atomic E-state index is 11.4. The zero-order valence-electron chi connectivity index (χ0n) is 7.56. The summed E-state index contributed by atoms with van der Waals surface area (Å²) in [5.74, 6) is -1.21. The number of esters is 2. The van der Waals surface area contributed by atoms with Gasteiger partial charge >= 0.3 is 11.9 Å². The number of hydrogen-bond donors (Lipinski definition) is 0. The van der Waals surface area contributed by atoms with Crippen LogP contribution in [0.5, 0.6) is 0 Å². The average Bonchev–Trinajstić information content (AvgIpc) is 2.55. The number of cyclic esters (lactones) is 2. The summed E-state index contributed by atoms with van der Waals surface area (Å²) in [6.07, 6.45) is 1.38. The van der Waals surface area contributed by atoms with Gasteiger partial charge in [0.05, 0.1) is 16.6 Å². The molecule has 0 spiro atoms. The molecule has 0 unspecified atom stereocenters. The van der Waals surface area contributed by atoms with Crippen LogP contribution in [-0.2, 0) is 4.74 Å². The van der Waals surface area contributed by atoms with Crippen molar-refractivity contribution in [3.05, 3.63) is 41.6 Å². The molecular weight excluding hydrogens is 194 g/mol. The van der Waals surface area contributed by atoms with Gasteiger partial charge in [0.25, 0.3) is 0 Å². The number of para-hydroxylation sites is 1. The van der Waals surface area contributed by atoms with E-state index in [4.69, 9.17) is 0 Å². The Morgan fingerprint density at radius 3 is 2.73 bits per heavy atom. The Hall–Kier alpha value is -2.23. The molecule has 0 fully saturated rings. The Balaban J connectivity index is 2.49. The Kier molecular flexibility index (Phi) is 1.42. The molecule has 0 bridgehead atoms. The van der Waals surface area contributed by atoms with Crippen LogP contribution in [0.4, 0.5) is 0 Å². The first-order valence-corrected chi connectivity index (χ1v) is 4.41. The molecule has 4 heteroatoms. The predicted molar refractivity (Wildman–Crippen MR) is 51.5 cm³/mol. The van der Waals surface area contributed by atoms with E-state index in [0.717, 1.165) is 0 Å². The minimum atomic E-state index is -0.617. The Labute approximate surface area is 84.5 Å². The van der Waals surface area contributed by atoms with Crippen LogP contribution in [-0.4, -0.2) is 16.9 Å². The van der Waals surface area contributed by atoms with Crippen molar-refractivity contribution in [3.8, 4) is 0 Å². The number of carbonyl (C=O) groups excluding carboxylic acids is 2. The zero-order valence-corrected chi connectivity index (χ0v) is 7.56. The summed E-state index contributed by atoms with van der Waals surface area (Å²) >= 11 is 0. The standard InChI is InChI=1S/C11H5NO3/c13-10-7-5-12-8-4-2-1-3-6(8)9(7)11(14)15-10/h1-5H. The molecular formula is C11H5NO3. The Bertz CT molecular complexity index is 604. The molecule has 0 saturated carbocycles. The van der Waals surface area contributed by atoms with E-state index < -0.39 is 11.9 Å². The van der Waals surface area contributed by atoms with Crippen LogP contribution in [0.1, 0.15) is 20.7 Å². The smallest absolute Gasteiger partial charge is 0.348 e. The van der Waals surface area contributed by atoms with Crippen LogP contribution in [0, 0.1) is 0 Å². The van der Waals surface area contributed by atoms with Crippen molar-refractivity contribution in [1.82, 2.24) is 4.98 Å². The van der Waals surface area contributed by atoms with Crippen molar-refractivity contribution >= 4 is 22.8 Å². The van der Waals surface area contributed by atoms with Gasteiger partial charge in [-0.15, -0.1) is 0 Å². The highest BCUT2D eigenvalue weighted by molar-refractivity contribution is 6.20. The fourth-order valence-corrected chi connectivity index (χ4v) is 1.71. The molecule has 15 heavy (non-hydrogen) atoms. The van der Waals surface area contributed by atoms with Crippen LogP contribution in [0.25, 0.3) is 10.9 Å². The van der Waals surface area contributed by atoms with E-state index >= 15 is 0 Å². The van der Waals surface area contributed by atoms with Crippen molar-refractivity contribution in [2.24, 2.45) is 0 Å². The van der Waals surface area contributed by atoms with E-state index in [0.29, 0.717) is 16.5 Å². The van der Waals surface area contributed by atoms with Crippen LogP contribution in [0.15, 0.2) is 30.5 Å². The molecule has 0 amide bonds. The second kappa shape index (κ2) is 2.63. The SMILES string of the molecule is O=C1OC(=O)c2c1cnc1ccccc21. The summed E-state index contributed by atoms with van der Waals surface area (Å²) in [5, 5.41) is 0.658. The van der Waals surface area contributed by atoms with E-state index in [9.17, 15) is 9.59 Å². The highest BCUT2D eigenvalue weighted by Crippen LogP contribution is 2.26. The molecule has 0 atom stereocenters. The van der Waals surface area contributed by atoms with Crippen molar-refractivity contribution in [3.63, 3.8) is 0 Å². The number of ether oxygens (including phenoxy) is 1. The lowest BCUT2D eigenvalue weighted by Gasteiger charge is -1.98. The summed E-state index contributed by atoms with van der Waals surface area (Å²) < 4.78 is 4.52. The molecule has 0 saturated heterocycles. The molecule has 2 aromatic rings. The number of aromatic nitrogens is 1. The topological polar surface area (TPSA) is 56.3 Å². The molecule has 1 aliphatic rings. The lowest BCUT2D eigenvalue weighted by atomic mass is 10.1. The van der Waals surface area contributed by atoms with Gasteiger partial charge in [0.15, 0.2) is 0 Å². The average molecular weight is 199 g/mol. The van der Waals surface area contributed by atoms with Gasteiger partial charge in [-0.2, -0.15) is 0 Å². The van der Waals surface area contributed by atoms with Gasteiger partial charge < -0.3 is 4.74 Å². The van der Waals surface area contributed by atoms with Crippen molar-refractivity contribution < 1.29 is 14.3 Å². The first-order chi connectivity index (χ1) is 7.27. The van der Waals surface area contributed by atoms with E-state index in [2.05, 4.69) is 9.72 Å². The van der Waals surface area contributed by atoms with Crippen molar-refractivity contribution in [2.45, 2.75) is 0 Å². The van der Waals surface area contributed by atoms with Gasteiger partial charge in [-0.3, -0.25) is 4.98 Å². The lowest BCUT2D eigenvalue weighted by Crippen LogP contribution is -1.97. The van der Waals surface area contributed by atoms with Gasteiger partial charge in [-0.05, 0) is 6.07 Å². The van der Waals surface area contributed by atoms with E-state index in [-0.39, 0.29) is 5.56 Å². The summed E-state index contributed by atoms with van der Waals surface area (Å²) in [5.41, 5.74) is 1.26. The second-order valence-electron chi connectivity index (χ2n) is 3.24. The summed E-state index contributed by atoms with van der Waals surface area (Å²) in [7, 11) is 0. The third-order valence-corrected chi connectivity index (χ3v) is 2.38. The second-order valence-corrected chi connectivity index (χ2v) is 3.24. The molecule has 2 heterocycles. The summed E-state index contributed by atoms with van der Waals surface area (Å²) in [6, 6.07) is 7.15. The van der Waals surface area contributed by atoms with Crippen molar-refractivity contribution in [1.29, 1.82) is 0 Å². The van der Waals surface area contributed by atoms with Crippen LogP contribution in [0.2, 0.25) is 0 Å². The molecule has 4 nitrogen and oxygen atoms in total. The van der Waals surface area contributed by atoms with Gasteiger partial charge in [0.1, 0.15) is 0 Å². The molecule has 1 aromatic heterocycles. The van der Waals surface area contributed by atoms with Gasteiger partial charge in [0, 0.05) is 11.6 Å². The molecule has 0 N–H and O–H groups in total. The van der Waals surface area contributed by atoms with E-state index in [1.54, 1.807) is 18.2 Å². The number of nitrogens with zero attached hydrogens (tertiary/aromatic N) is 1. The quantitative estimate of drug-likeness (QED) is 0.477. The summed E-state index contributed by atoms with van der Waals surface area (Å²) in [4.78, 5) is 26.7. The fraction of sp³-hybridized carbons (Fsp3) is 0. The number of hydrogen-bond acceptors (Lipinski definition) is 4. The number of rotatable bonds is 0. The third kappa shape index (κ3) is 0.985. The predicted octanol–water partition coefficient (Wildman–Crippen LogP) is 1.55. The maximum Gasteiger partial charge on any atom is 0.348 e. The normalized spacial score (nSPS) is 14.1. The number of carbonyl (C=O) groups is 2. The zero-order chi connectivity index (χ0) is 10.4. The van der Waals surface area contributed by atoms with Crippen LogP contribution in [0.3, 0.4) is 0 Å². The first kappa shape index (κ1) is 8.11. The van der Waals surface area contributed by atoms with Crippen molar-refractivity contribution in [2.75, 3.05) is 0 Å². The molecule has 1 aliphatic heterocycles. The minimum Gasteiger partial charge on any atom is -0.386 e. The molecule has 0 radical (unpaired) electrons. The number of fused-ring (bicyclic) bond motifs is 3. The monoisotopic (exact) mass is 199 g/mol. The van der Waals surface area contributed by atoms with Gasteiger partial charge in [-0.1, -0.05) is 18.2 Å². The minimum absolute atomic E-state index is 0.249. The largest absolute Gasteiger partial charge is 0.386 e. The maximum atomic E-state index is 11.4. The summed E-state index contributed by atoms with van der Waals surface area (Å²) in [6.45, 7) is 0. The highest BCUT2D eigenvalue weighted by atomic mass is 16.6. The fourth-order valence-electron chi connectivity index (χ4n) is 1.71. The van der Waals surface area contributed by atoms with Gasteiger partial charge in [-0.25, -0.2) is 9.59 Å². The molecule has 1 aromatic carbocycles. The third-order valence-electron chi connectivity index (χ3n) is 2.38. The Morgan fingerprint density at radius 1 is 1.07 bits per heavy atom. The van der Waals surface area contributed by atoms with Gasteiger partial charge in [0.2, 0.25) is 0 Å². The van der Waals surface area contributed by atoms with Crippen LogP contribution < -0.4 is 0 Å². The first-order valence-electron chi connectivity index (χ1n) is 4.41. The van der Waals surface area contributed by atoms with E-state index in [1.807, 2.05) is 6.07 Å². The number of pyridine rings is 1. The Morgan fingerprint density at radius 2 is 1.87 bits per heavy atom. The number of benzene rings is 1. The van der Waals surface area contributed by atoms with Crippen LogP contribution >= 0.6 is 0 Å². The van der Waals surface area contributed by atoms with E-state index in [1.165, 1.54) is 6.20 Å². The molecule has 72 valence electrons. The lowest BCUT2D eigenvalue weighted by molar-refractivity contribution is 0.0444.